The maximum Gasteiger partial charge on any atom is 0.415 e. The number of imide groups is 1. The standard InChI is InChI=1S/C81H100Cl2N10O24S/c1-48(2)70(88-65(95)23-28-108-30-32-110-34-36-112-38-39-113-37-35-111-33-31-109-29-27-91-66(96)21-22-67(91)97)75(102)87-57(14-9-24-85-79(84)105)74(101)86-52-17-15-49(16-18-52)47-114-80(106)89(3)25-26-90(4)81(107)117-61-41-59-69(56-13-8-6-11-54(56)61)51(43-83)45-93(59)77(104)64-20-19-63(118-64)76(103)92-44-50(42-82)68-55-12-7-5-10-53(55)60(40-58(68)92)115-78-73(100)72(99)71(98)62(46-94)116-78/h5-8,10-13,15-22,40-41,48,50-51,57,62,70-73,78,94,98-100H,9,14,23-39,42-47H2,1-4H3,(H,86,101)(H,87,102)(H,88,95)(H3,84,85,105)/t50-,51-,57+,62-,70+,71+,72+,73-,78-/m1/s1. The number of nitrogens with two attached hydrogens (primary N) is 1. The molecule has 10 rings (SSSR count). The number of benzene rings is 5. The minimum Gasteiger partial charge on any atom is -0.461 e. The second-order valence-electron chi connectivity index (χ2n) is 28.5. The Bertz CT molecular complexity index is 4500. The highest BCUT2D eigenvalue weighted by molar-refractivity contribution is 7.16. The van der Waals surface area contributed by atoms with Gasteiger partial charge in [-0.25, -0.2) is 14.4 Å². The molecule has 11 amide bonds. The number of carbonyl (C=O) groups is 10. The number of nitrogens with one attached hydrogen (secondary N) is 4. The summed E-state index contributed by atoms with van der Waals surface area (Å²) >= 11 is 14.3. The molecule has 1 aromatic heterocycles. The molecule has 0 saturated carbocycles. The van der Waals surface area contributed by atoms with Gasteiger partial charge in [-0.3, -0.25) is 38.5 Å². The lowest BCUT2D eigenvalue weighted by Gasteiger charge is -2.39. The average molecular weight is 1700 g/mol. The molecule has 0 unspecified atom stereocenters. The van der Waals surface area contributed by atoms with E-state index in [0.717, 1.165) is 27.4 Å². The van der Waals surface area contributed by atoms with Crippen LogP contribution < -0.4 is 46.3 Å². The number of aliphatic hydroxyl groups is 4. The number of halogens is 2. The fourth-order valence-electron chi connectivity index (χ4n) is 13.6. The van der Waals surface area contributed by atoms with Gasteiger partial charge in [-0.2, -0.15) is 0 Å². The fourth-order valence-corrected chi connectivity index (χ4v) is 15.0. The first-order valence-electron chi connectivity index (χ1n) is 38.7. The highest BCUT2D eigenvalue weighted by Crippen LogP contribution is 2.49. The molecule has 0 bridgehead atoms. The smallest absolute Gasteiger partial charge is 0.415 e. The molecule has 1 fully saturated rings. The van der Waals surface area contributed by atoms with Gasteiger partial charge in [-0.05, 0) is 70.5 Å². The van der Waals surface area contributed by atoms with Crippen molar-refractivity contribution in [3.8, 4) is 11.5 Å². The molecular weight excluding hydrogens is 1600 g/mol. The highest BCUT2D eigenvalue weighted by atomic mass is 35.5. The van der Waals surface area contributed by atoms with E-state index in [2.05, 4.69) is 21.3 Å². The van der Waals surface area contributed by atoms with E-state index >= 15 is 0 Å². The molecule has 0 radical (unpaired) electrons. The average Bonchev–Trinajstić information content (AvgIpc) is 1.58. The number of primary amides is 1. The number of alkyl halides is 2. The van der Waals surface area contributed by atoms with Crippen LogP contribution in [0.5, 0.6) is 11.5 Å². The van der Waals surface area contributed by atoms with Gasteiger partial charge in [-0.15, -0.1) is 34.5 Å². The van der Waals surface area contributed by atoms with Crippen LogP contribution in [-0.2, 0) is 68.5 Å². The summed E-state index contributed by atoms with van der Waals surface area (Å²) in [6.07, 6.45) is -6.54. The molecule has 5 aromatic carbocycles. The number of nitrogens with zero attached hydrogens (tertiary/aromatic N) is 5. The van der Waals surface area contributed by atoms with Gasteiger partial charge >= 0.3 is 18.2 Å². The lowest BCUT2D eigenvalue weighted by Crippen LogP contribution is -2.60. The first-order valence-corrected chi connectivity index (χ1v) is 40.6. The predicted molar refractivity (Wildman–Crippen MR) is 434 cm³/mol. The van der Waals surface area contributed by atoms with Gasteiger partial charge < -0.3 is 114 Å². The summed E-state index contributed by atoms with van der Waals surface area (Å²) in [5.74, 6) is -3.69. The van der Waals surface area contributed by atoms with Crippen LogP contribution in [0.25, 0.3) is 21.5 Å². The summed E-state index contributed by atoms with van der Waals surface area (Å²) in [5, 5.41) is 55.1. The summed E-state index contributed by atoms with van der Waals surface area (Å²) in [5.41, 5.74) is 8.59. The molecule has 34 nitrogen and oxygen atoms in total. The Hall–Kier alpha value is -9.70. The van der Waals surface area contributed by atoms with Gasteiger partial charge in [0.15, 0.2) is 0 Å². The van der Waals surface area contributed by atoms with Crippen LogP contribution in [0.15, 0.2) is 109 Å². The molecule has 6 aromatic rings. The number of likely N-dealkylation sites (N-methyl/N-ethyl adjacent to an activating group) is 2. The molecule has 118 heavy (non-hydrogen) atoms. The minimum atomic E-state index is -1.71. The Morgan fingerprint density at radius 2 is 1.12 bits per heavy atom. The van der Waals surface area contributed by atoms with Gasteiger partial charge in [0, 0.05) is 118 Å². The van der Waals surface area contributed by atoms with E-state index in [9.17, 15) is 68.4 Å². The van der Waals surface area contributed by atoms with Crippen molar-refractivity contribution in [3.63, 3.8) is 0 Å². The lowest BCUT2D eigenvalue weighted by molar-refractivity contribution is -0.277. The molecule has 4 aliphatic heterocycles. The number of thiophene rings is 1. The summed E-state index contributed by atoms with van der Waals surface area (Å²) in [4.78, 5) is 139. The van der Waals surface area contributed by atoms with Crippen molar-refractivity contribution in [3.05, 3.63) is 136 Å². The number of amides is 11. The summed E-state index contributed by atoms with van der Waals surface area (Å²) in [7, 11) is 3.00. The van der Waals surface area contributed by atoms with E-state index in [1.165, 1.54) is 36.0 Å². The van der Waals surface area contributed by atoms with Crippen molar-refractivity contribution >= 4 is 133 Å². The number of aliphatic hydroxyl groups excluding tert-OH is 4. The Morgan fingerprint density at radius 3 is 1.64 bits per heavy atom. The fraction of sp³-hybridized carbons (Fsp3) is 0.481. The molecule has 10 N–H and O–H groups in total. The molecule has 4 aliphatic rings. The van der Waals surface area contributed by atoms with E-state index in [4.69, 9.17) is 76.3 Å². The SMILES string of the molecule is CC(C)[C@H](NC(=O)CCOCCOCCOCCOCCOCCOCCN1C(=O)C=CC1=O)C(=O)N[C@@H](CCCNC(N)=O)C(=O)Nc1ccc(COC(=O)N(C)CCN(C)C(=O)Oc2cc3c(c4ccccc24)[C@H](CCl)CN3C(=O)c2ccc(C(=O)N3C[C@@H](CCl)c4c3cc(O[C@@H]3O[C@H](CO)[C@H](O)[C@H](O)[C@H]3O)c3ccccc43)s2)cc1. The van der Waals surface area contributed by atoms with Crippen molar-refractivity contribution in [2.45, 2.75) is 94.3 Å². The third kappa shape index (κ3) is 23.9. The zero-order valence-corrected chi connectivity index (χ0v) is 68.1. The first kappa shape index (κ1) is 90.6. The Morgan fingerprint density at radius 1 is 0.619 bits per heavy atom. The zero-order chi connectivity index (χ0) is 84.5. The van der Waals surface area contributed by atoms with Crippen LogP contribution in [0, 0.1) is 5.92 Å². The number of fused-ring (bicyclic) bond motifs is 6. The van der Waals surface area contributed by atoms with E-state index in [1.54, 1.807) is 96.4 Å². The second kappa shape index (κ2) is 44.4. The number of hydrogen-bond acceptors (Lipinski definition) is 25. The molecule has 1 saturated heterocycles. The van der Waals surface area contributed by atoms with Gasteiger partial charge in [0.2, 0.25) is 24.0 Å². The third-order valence-corrected chi connectivity index (χ3v) is 21.8. The van der Waals surface area contributed by atoms with E-state index in [1.807, 2.05) is 24.3 Å². The number of rotatable bonds is 44. The van der Waals surface area contributed by atoms with Gasteiger partial charge in [0.05, 0.1) is 114 Å². The second-order valence-corrected chi connectivity index (χ2v) is 30.2. The zero-order valence-electron chi connectivity index (χ0n) is 65.8. The van der Waals surface area contributed by atoms with Crippen molar-refractivity contribution < 1.29 is 116 Å². The number of ether oxygens (including phenoxy) is 10. The number of hydrogen-bond donors (Lipinski definition) is 9. The largest absolute Gasteiger partial charge is 0.461 e. The molecule has 0 spiro atoms. The molecule has 5 heterocycles. The maximum absolute atomic E-state index is 14.9. The predicted octanol–water partition coefficient (Wildman–Crippen LogP) is 5.33. The summed E-state index contributed by atoms with van der Waals surface area (Å²) < 4.78 is 56.6. The number of anilines is 3. The summed E-state index contributed by atoms with van der Waals surface area (Å²) in [6.45, 7) is 6.69. The molecule has 0 aliphatic carbocycles. The van der Waals surface area contributed by atoms with Crippen molar-refractivity contribution in [2.75, 3.05) is 166 Å². The van der Waals surface area contributed by atoms with Gasteiger partial charge in [-0.1, -0.05) is 74.5 Å². The van der Waals surface area contributed by atoms with Gasteiger partial charge in [0.1, 0.15) is 54.6 Å². The van der Waals surface area contributed by atoms with Crippen LogP contribution in [0.3, 0.4) is 0 Å². The monoisotopic (exact) mass is 1700 g/mol. The van der Waals surface area contributed by atoms with Gasteiger partial charge in [0.25, 0.3) is 23.6 Å². The maximum atomic E-state index is 14.9. The molecule has 37 heteroatoms. The van der Waals surface area contributed by atoms with Crippen LogP contribution in [0.2, 0.25) is 0 Å². The lowest BCUT2D eigenvalue weighted by atomic mass is 9.95. The molecule has 9 atom stereocenters. The van der Waals surface area contributed by atoms with Crippen molar-refractivity contribution in [1.82, 2.24) is 30.7 Å². The van der Waals surface area contributed by atoms with Crippen LogP contribution in [0.1, 0.15) is 81.0 Å². The molecule has 638 valence electrons. The van der Waals surface area contributed by atoms with E-state index in [0.29, 0.717) is 97.0 Å². The number of carbonyl (C=O) groups excluding carboxylic acids is 10. The number of urea groups is 1. The van der Waals surface area contributed by atoms with E-state index < -0.39 is 103 Å². The van der Waals surface area contributed by atoms with Crippen LogP contribution in [0.4, 0.5) is 31.4 Å². The van der Waals surface area contributed by atoms with Crippen molar-refractivity contribution in [1.29, 1.82) is 0 Å². The summed E-state index contributed by atoms with van der Waals surface area (Å²) in [6, 6.07) is 24.4. The van der Waals surface area contributed by atoms with E-state index in [-0.39, 0.29) is 148 Å². The van der Waals surface area contributed by atoms with Crippen LogP contribution in [-0.4, -0.2) is 288 Å². The minimum absolute atomic E-state index is 0.00291. The van der Waals surface area contributed by atoms with Crippen molar-refractivity contribution in [2.24, 2.45) is 11.7 Å². The molecular formula is C81H100Cl2N10O24S. The third-order valence-electron chi connectivity index (χ3n) is 20.0. The quantitative estimate of drug-likeness (QED) is 0.0133. The highest BCUT2D eigenvalue weighted by Gasteiger charge is 2.46. The first-order chi connectivity index (χ1) is 56.9. The normalized spacial score (nSPS) is 18.6. The topological polar surface area (TPSA) is 434 Å². The Balaban J connectivity index is 0.652. The Labute approximate surface area is 694 Å². The van der Waals surface area contributed by atoms with Crippen LogP contribution >= 0.6 is 34.5 Å². The Kier molecular flexibility index (Phi) is 34.1.